The van der Waals surface area contributed by atoms with E-state index in [4.69, 9.17) is 0 Å². The second-order valence-electron chi connectivity index (χ2n) is 4.56. The van der Waals surface area contributed by atoms with Crippen LogP contribution in [0.2, 0.25) is 0 Å². The van der Waals surface area contributed by atoms with E-state index in [2.05, 4.69) is 15.6 Å². The molecular weight excluding hydrogens is 296 g/mol. The number of nitrogens with one attached hydrogen (secondary N) is 2. The summed E-state index contributed by atoms with van der Waals surface area (Å²) in [4.78, 5) is 16.1. The molecule has 1 heterocycles. The number of carbonyl (C=O) groups excluding carboxylic acids is 1. The number of nitrogens with zero attached hydrogens (tertiary/aromatic N) is 1. The van der Waals surface area contributed by atoms with Gasteiger partial charge in [-0.15, -0.1) is 11.3 Å². The van der Waals surface area contributed by atoms with Crippen LogP contribution in [0.25, 0.3) is 0 Å². The van der Waals surface area contributed by atoms with Gasteiger partial charge in [0.15, 0.2) is 16.8 Å². The smallest absolute Gasteiger partial charge is 0.230 e. The Bertz CT molecular complexity index is 645. The number of thiazole rings is 1. The first-order valence-electron chi connectivity index (χ1n) is 6.36. The van der Waals surface area contributed by atoms with Crippen LogP contribution in [0.3, 0.4) is 0 Å². The largest absolute Gasteiger partial charge is 0.312 e. The number of carbonyl (C=O) groups is 1. The molecule has 0 saturated heterocycles. The molecule has 0 spiro atoms. The molecule has 1 amide bonds. The van der Waals surface area contributed by atoms with Crippen LogP contribution in [0.5, 0.6) is 0 Å². The summed E-state index contributed by atoms with van der Waals surface area (Å²) < 4.78 is 25.9. The molecule has 1 unspecified atom stereocenters. The molecule has 2 aromatic rings. The molecule has 0 radical (unpaired) electrons. The number of hydrogen-bond donors (Lipinski definition) is 2. The van der Waals surface area contributed by atoms with Crippen molar-refractivity contribution in [3.63, 3.8) is 0 Å². The van der Waals surface area contributed by atoms with Crippen molar-refractivity contribution < 1.29 is 13.6 Å². The van der Waals surface area contributed by atoms with E-state index in [1.807, 2.05) is 19.4 Å². The van der Waals surface area contributed by atoms with Gasteiger partial charge in [-0.1, -0.05) is 6.07 Å². The minimum absolute atomic E-state index is 0.0340. The first-order chi connectivity index (χ1) is 9.99. The molecule has 1 aromatic carbocycles. The molecule has 0 fully saturated rings. The maximum Gasteiger partial charge on any atom is 0.230 e. The standard InChI is InChI=1S/C14H15F2N3OS/c1-8(17-2)12-7-21-14(18-12)19-13(20)6-9-3-4-10(15)11(16)5-9/h3-5,7-8,17H,6H2,1-2H3,(H,18,19,20). The molecule has 0 aliphatic rings. The molecule has 1 atom stereocenters. The van der Waals surface area contributed by atoms with E-state index < -0.39 is 11.6 Å². The molecule has 112 valence electrons. The van der Waals surface area contributed by atoms with Crippen LogP contribution in [-0.2, 0) is 11.2 Å². The second-order valence-corrected chi connectivity index (χ2v) is 5.42. The van der Waals surface area contributed by atoms with Crippen molar-refractivity contribution in [2.24, 2.45) is 0 Å². The minimum Gasteiger partial charge on any atom is -0.312 e. The summed E-state index contributed by atoms with van der Waals surface area (Å²) in [5.74, 6) is -2.21. The van der Waals surface area contributed by atoms with Gasteiger partial charge in [0.2, 0.25) is 5.91 Å². The zero-order chi connectivity index (χ0) is 15.4. The van der Waals surface area contributed by atoms with Gasteiger partial charge in [0, 0.05) is 11.4 Å². The summed E-state index contributed by atoms with van der Waals surface area (Å²) in [5, 5.41) is 8.04. The number of anilines is 1. The molecule has 2 rings (SSSR count). The highest BCUT2D eigenvalue weighted by molar-refractivity contribution is 7.13. The van der Waals surface area contributed by atoms with Crippen LogP contribution in [0.15, 0.2) is 23.6 Å². The van der Waals surface area contributed by atoms with Gasteiger partial charge in [-0.2, -0.15) is 0 Å². The van der Waals surface area contributed by atoms with Crippen LogP contribution >= 0.6 is 11.3 Å². The van der Waals surface area contributed by atoms with E-state index in [9.17, 15) is 13.6 Å². The van der Waals surface area contributed by atoms with Crippen molar-refractivity contribution in [2.75, 3.05) is 12.4 Å². The molecule has 7 heteroatoms. The number of benzene rings is 1. The molecule has 4 nitrogen and oxygen atoms in total. The molecule has 1 aromatic heterocycles. The monoisotopic (exact) mass is 311 g/mol. The summed E-state index contributed by atoms with van der Waals surface area (Å²) in [6.07, 6.45) is -0.0340. The Kier molecular flexibility index (Phi) is 4.98. The van der Waals surface area contributed by atoms with Crippen LogP contribution in [0, 0.1) is 11.6 Å². The number of amides is 1. The normalized spacial score (nSPS) is 12.2. The van der Waals surface area contributed by atoms with Gasteiger partial charge in [0.25, 0.3) is 0 Å². The van der Waals surface area contributed by atoms with Gasteiger partial charge in [-0.05, 0) is 31.7 Å². The van der Waals surface area contributed by atoms with E-state index in [1.54, 1.807) is 0 Å². The summed E-state index contributed by atoms with van der Waals surface area (Å²) >= 11 is 1.32. The van der Waals surface area contributed by atoms with Gasteiger partial charge >= 0.3 is 0 Å². The summed E-state index contributed by atoms with van der Waals surface area (Å²) in [6.45, 7) is 1.96. The maximum atomic E-state index is 13.1. The Hall–Kier alpha value is -1.86. The SMILES string of the molecule is CNC(C)c1csc(NC(=O)Cc2ccc(F)c(F)c2)n1. The third-order valence-electron chi connectivity index (χ3n) is 2.99. The van der Waals surface area contributed by atoms with Crippen LogP contribution in [-0.4, -0.2) is 17.9 Å². The fraction of sp³-hybridized carbons (Fsp3) is 0.286. The zero-order valence-electron chi connectivity index (χ0n) is 11.6. The van der Waals surface area contributed by atoms with Gasteiger partial charge in [-0.3, -0.25) is 4.79 Å². The van der Waals surface area contributed by atoms with Crippen molar-refractivity contribution in [3.05, 3.63) is 46.5 Å². The van der Waals surface area contributed by atoms with Crippen molar-refractivity contribution in [2.45, 2.75) is 19.4 Å². The summed E-state index contributed by atoms with van der Waals surface area (Å²) in [7, 11) is 1.82. The number of halogens is 2. The fourth-order valence-corrected chi connectivity index (χ4v) is 2.51. The van der Waals surface area contributed by atoms with Gasteiger partial charge < -0.3 is 10.6 Å². The lowest BCUT2D eigenvalue weighted by Gasteiger charge is -2.05. The predicted octanol–water partition coefficient (Wildman–Crippen LogP) is 2.88. The van der Waals surface area contributed by atoms with Crippen LogP contribution in [0.1, 0.15) is 24.2 Å². The van der Waals surface area contributed by atoms with Gasteiger partial charge in [-0.25, -0.2) is 13.8 Å². The van der Waals surface area contributed by atoms with Crippen LogP contribution < -0.4 is 10.6 Å². The van der Waals surface area contributed by atoms with E-state index in [-0.39, 0.29) is 18.4 Å². The molecule has 0 aliphatic heterocycles. The van der Waals surface area contributed by atoms with E-state index in [0.29, 0.717) is 10.7 Å². The fourth-order valence-electron chi connectivity index (χ4n) is 1.69. The second kappa shape index (κ2) is 6.73. The van der Waals surface area contributed by atoms with Crippen molar-refractivity contribution in [1.29, 1.82) is 0 Å². The number of rotatable bonds is 5. The number of aromatic nitrogens is 1. The van der Waals surface area contributed by atoms with Crippen LogP contribution in [0.4, 0.5) is 13.9 Å². The topological polar surface area (TPSA) is 54.0 Å². The Labute approximate surface area is 125 Å². The predicted molar refractivity (Wildman–Crippen MR) is 78.3 cm³/mol. The quantitative estimate of drug-likeness (QED) is 0.893. The van der Waals surface area contributed by atoms with E-state index in [0.717, 1.165) is 17.8 Å². The Morgan fingerprint density at radius 3 is 2.81 bits per heavy atom. The molecule has 0 aliphatic carbocycles. The molecular formula is C14H15F2N3OS. The molecule has 2 N–H and O–H groups in total. The summed E-state index contributed by atoms with van der Waals surface area (Å²) in [5.41, 5.74) is 1.25. The Balaban J connectivity index is 1.98. The number of hydrogen-bond acceptors (Lipinski definition) is 4. The summed E-state index contributed by atoms with van der Waals surface area (Å²) in [6, 6.07) is 3.51. The minimum atomic E-state index is -0.959. The maximum absolute atomic E-state index is 13.1. The molecule has 0 bridgehead atoms. The molecule has 0 saturated carbocycles. The Morgan fingerprint density at radius 1 is 1.38 bits per heavy atom. The average molecular weight is 311 g/mol. The lowest BCUT2D eigenvalue weighted by atomic mass is 10.1. The third-order valence-corrected chi connectivity index (χ3v) is 3.77. The third kappa shape index (κ3) is 4.05. The average Bonchev–Trinajstić information content (AvgIpc) is 2.90. The van der Waals surface area contributed by atoms with Crippen molar-refractivity contribution in [1.82, 2.24) is 10.3 Å². The zero-order valence-corrected chi connectivity index (χ0v) is 12.4. The van der Waals surface area contributed by atoms with Gasteiger partial charge in [0.1, 0.15) is 0 Å². The highest BCUT2D eigenvalue weighted by Gasteiger charge is 2.11. The van der Waals surface area contributed by atoms with Crippen molar-refractivity contribution in [3.8, 4) is 0 Å². The highest BCUT2D eigenvalue weighted by atomic mass is 32.1. The Morgan fingerprint density at radius 2 is 2.14 bits per heavy atom. The highest BCUT2D eigenvalue weighted by Crippen LogP contribution is 2.20. The lowest BCUT2D eigenvalue weighted by molar-refractivity contribution is -0.115. The first-order valence-corrected chi connectivity index (χ1v) is 7.24. The van der Waals surface area contributed by atoms with Crippen molar-refractivity contribution >= 4 is 22.4 Å². The molecule has 21 heavy (non-hydrogen) atoms. The van der Waals surface area contributed by atoms with E-state index >= 15 is 0 Å². The lowest BCUT2D eigenvalue weighted by Crippen LogP contribution is -2.15. The first kappa shape index (κ1) is 15.5. The van der Waals surface area contributed by atoms with E-state index in [1.165, 1.54) is 17.4 Å². The van der Waals surface area contributed by atoms with Gasteiger partial charge in [0.05, 0.1) is 12.1 Å².